The van der Waals surface area contributed by atoms with Crippen molar-refractivity contribution >= 4 is 6.08 Å². The maximum absolute atomic E-state index is 8.58. The normalized spacial score (nSPS) is 10.8. The molecule has 1 N–H and O–H groups in total. The molecule has 5 nitrogen and oxygen atoms in total. The van der Waals surface area contributed by atoms with E-state index in [1.807, 2.05) is 30.3 Å². The first-order valence-corrected chi connectivity index (χ1v) is 4.80. The predicted octanol–water partition coefficient (Wildman–Crippen LogP) is 0.939. The number of aliphatic hydroxyl groups is 1. The fourth-order valence-corrected chi connectivity index (χ4v) is 1.16. The van der Waals surface area contributed by atoms with Crippen molar-refractivity contribution < 1.29 is 5.11 Å². The molecular weight excluding hydrogens is 204 g/mol. The first kappa shape index (κ1) is 10.4. The highest BCUT2D eigenvalue weighted by molar-refractivity contribution is 5.53. The summed E-state index contributed by atoms with van der Waals surface area (Å²) in [6, 6.07) is 9.50. The van der Waals surface area contributed by atoms with Gasteiger partial charge in [0.05, 0.1) is 6.61 Å². The average Bonchev–Trinajstić information content (AvgIpc) is 2.38. The SMILES string of the molecule is OC/C=C/c1nnc(-c2ccccc2)nn1. The maximum Gasteiger partial charge on any atom is 0.203 e. The fraction of sp³-hybridized carbons (Fsp3) is 0.0909. The molecule has 5 heteroatoms. The standard InChI is InChI=1S/C11H10N4O/c16-8-4-7-10-12-14-11(15-13-10)9-5-2-1-3-6-9/h1-7,16H,8H2/b7-4+. The van der Waals surface area contributed by atoms with Gasteiger partial charge in [-0.25, -0.2) is 0 Å². The third-order valence-electron chi connectivity index (χ3n) is 1.90. The lowest BCUT2D eigenvalue weighted by Crippen LogP contribution is -1.98. The Morgan fingerprint density at radius 3 is 2.31 bits per heavy atom. The van der Waals surface area contributed by atoms with Gasteiger partial charge in [0, 0.05) is 5.56 Å². The molecule has 0 fully saturated rings. The quantitative estimate of drug-likeness (QED) is 0.823. The summed E-state index contributed by atoms with van der Waals surface area (Å²) in [5.74, 6) is 0.871. The van der Waals surface area contributed by atoms with Crippen molar-refractivity contribution in [3.05, 3.63) is 42.2 Å². The second kappa shape index (κ2) is 5.09. The van der Waals surface area contributed by atoms with Gasteiger partial charge in [0.2, 0.25) is 5.82 Å². The lowest BCUT2D eigenvalue weighted by atomic mass is 10.2. The monoisotopic (exact) mass is 214 g/mol. The molecule has 1 heterocycles. The minimum Gasteiger partial charge on any atom is -0.392 e. The van der Waals surface area contributed by atoms with E-state index in [-0.39, 0.29) is 6.61 Å². The molecule has 2 rings (SSSR count). The molecule has 0 atom stereocenters. The molecule has 0 amide bonds. The summed E-state index contributed by atoms with van der Waals surface area (Å²) < 4.78 is 0. The molecule has 80 valence electrons. The minimum absolute atomic E-state index is 0.0518. The first-order chi connectivity index (χ1) is 7.90. The van der Waals surface area contributed by atoms with Gasteiger partial charge >= 0.3 is 0 Å². The molecule has 0 radical (unpaired) electrons. The van der Waals surface area contributed by atoms with Crippen LogP contribution in [-0.2, 0) is 0 Å². The van der Waals surface area contributed by atoms with Gasteiger partial charge in [-0.15, -0.1) is 20.4 Å². The van der Waals surface area contributed by atoms with Gasteiger partial charge < -0.3 is 5.11 Å². The molecule has 0 aliphatic rings. The highest BCUT2D eigenvalue weighted by atomic mass is 16.2. The summed E-state index contributed by atoms with van der Waals surface area (Å²) in [4.78, 5) is 0. The second-order valence-electron chi connectivity index (χ2n) is 3.03. The smallest absolute Gasteiger partial charge is 0.203 e. The third kappa shape index (κ3) is 2.46. The topological polar surface area (TPSA) is 71.8 Å². The molecule has 0 spiro atoms. The van der Waals surface area contributed by atoms with Crippen molar-refractivity contribution in [1.29, 1.82) is 0 Å². The van der Waals surface area contributed by atoms with Crippen LogP contribution in [0.3, 0.4) is 0 Å². The van der Waals surface area contributed by atoms with E-state index in [4.69, 9.17) is 5.11 Å². The molecular formula is C11H10N4O. The van der Waals surface area contributed by atoms with Gasteiger partial charge in [-0.3, -0.25) is 0 Å². The molecule has 1 aromatic carbocycles. The Morgan fingerprint density at radius 2 is 1.69 bits per heavy atom. The number of benzene rings is 1. The van der Waals surface area contributed by atoms with E-state index in [9.17, 15) is 0 Å². The lowest BCUT2D eigenvalue weighted by molar-refractivity contribution is 0.343. The van der Waals surface area contributed by atoms with Crippen LogP contribution in [0.4, 0.5) is 0 Å². The molecule has 0 aliphatic carbocycles. The predicted molar refractivity (Wildman–Crippen MR) is 59.2 cm³/mol. The Morgan fingerprint density at radius 1 is 1.00 bits per heavy atom. The highest BCUT2D eigenvalue weighted by Gasteiger charge is 2.01. The van der Waals surface area contributed by atoms with Crippen LogP contribution >= 0.6 is 0 Å². The van der Waals surface area contributed by atoms with Crippen molar-refractivity contribution in [2.75, 3.05) is 6.61 Å². The molecule has 0 saturated heterocycles. The van der Waals surface area contributed by atoms with Crippen LogP contribution in [0, 0.1) is 0 Å². The molecule has 2 aromatic rings. The van der Waals surface area contributed by atoms with Crippen LogP contribution in [0.2, 0.25) is 0 Å². The number of aliphatic hydroxyl groups excluding tert-OH is 1. The lowest BCUT2D eigenvalue weighted by Gasteiger charge is -1.96. The largest absolute Gasteiger partial charge is 0.392 e. The zero-order chi connectivity index (χ0) is 11.2. The Labute approximate surface area is 92.5 Å². The van der Waals surface area contributed by atoms with Crippen LogP contribution < -0.4 is 0 Å². The molecule has 1 aromatic heterocycles. The number of rotatable bonds is 3. The summed E-state index contributed by atoms with van der Waals surface area (Å²) in [6.45, 7) is -0.0518. The van der Waals surface area contributed by atoms with E-state index >= 15 is 0 Å². The van der Waals surface area contributed by atoms with E-state index in [1.54, 1.807) is 6.08 Å². The first-order valence-electron chi connectivity index (χ1n) is 4.80. The van der Waals surface area contributed by atoms with Crippen LogP contribution in [-0.4, -0.2) is 32.1 Å². The summed E-state index contributed by atoms with van der Waals surface area (Å²) in [5.41, 5.74) is 0.875. The van der Waals surface area contributed by atoms with Crippen molar-refractivity contribution in [2.24, 2.45) is 0 Å². The van der Waals surface area contributed by atoms with Gasteiger partial charge in [-0.1, -0.05) is 36.4 Å². The van der Waals surface area contributed by atoms with Gasteiger partial charge in [0.1, 0.15) is 0 Å². The molecule has 0 bridgehead atoms. The van der Waals surface area contributed by atoms with E-state index < -0.39 is 0 Å². The Kier molecular flexibility index (Phi) is 3.30. The number of nitrogens with zero attached hydrogens (tertiary/aromatic N) is 4. The molecule has 0 aliphatic heterocycles. The zero-order valence-corrected chi connectivity index (χ0v) is 8.48. The Balaban J connectivity index is 2.23. The molecule has 0 unspecified atom stereocenters. The summed E-state index contributed by atoms with van der Waals surface area (Å²) in [7, 11) is 0. The summed E-state index contributed by atoms with van der Waals surface area (Å²) >= 11 is 0. The van der Waals surface area contributed by atoms with E-state index in [1.165, 1.54) is 6.08 Å². The Bertz CT molecular complexity index is 467. The van der Waals surface area contributed by atoms with Crippen molar-refractivity contribution in [1.82, 2.24) is 20.4 Å². The van der Waals surface area contributed by atoms with Gasteiger partial charge in [-0.2, -0.15) is 0 Å². The van der Waals surface area contributed by atoms with Gasteiger partial charge in [0.15, 0.2) is 5.82 Å². The third-order valence-corrected chi connectivity index (χ3v) is 1.90. The average molecular weight is 214 g/mol. The van der Waals surface area contributed by atoms with Crippen LogP contribution in [0.15, 0.2) is 36.4 Å². The van der Waals surface area contributed by atoms with Crippen molar-refractivity contribution in [3.8, 4) is 11.4 Å². The fourth-order valence-electron chi connectivity index (χ4n) is 1.16. The highest BCUT2D eigenvalue weighted by Crippen LogP contribution is 2.10. The Hall–Kier alpha value is -2.14. The maximum atomic E-state index is 8.58. The summed E-state index contributed by atoms with van der Waals surface area (Å²) in [6.07, 6.45) is 3.09. The number of hydrogen-bond donors (Lipinski definition) is 1. The number of aromatic nitrogens is 4. The van der Waals surface area contributed by atoms with Crippen LogP contribution in [0.25, 0.3) is 17.5 Å². The van der Waals surface area contributed by atoms with E-state index in [2.05, 4.69) is 20.4 Å². The zero-order valence-electron chi connectivity index (χ0n) is 8.48. The summed E-state index contributed by atoms with van der Waals surface area (Å²) in [5, 5.41) is 24.2. The van der Waals surface area contributed by atoms with Gasteiger partial charge in [0.25, 0.3) is 0 Å². The van der Waals surface area contributed by atoms with Crippen LogP contribution in [0.5, 0.6) is 0 Å². The number of hydrogen-bond acceptors (Lipinski definition) is 5. The van der Waals surface area contributed by atoms with Crippen molar-refractivity contribution in [3.63, 3.8) is 0 Å². The van der Waals surface area contributed by atoms with Crippen LogP contribution in [0.1, 0.15) is 5.82 Å². The van der Waals surface area contributed by atoms with Gasteiger partial charge in [-0.05, 0) is 6.08 Å². The van der Waals surface area contributed by atoms with Crippen molar-refractivity contribution in [2.45, 2.75) is 0 Å². The molecule has 0 saturated carbocycles. The molecule has 16 heavy (non-hydrogen) atoms. The van der Waals surface area contributed by atoms with E-state index in [0.29, 0.717) is 11.6 Å². The van der Waals surface area contributed by atoms with E-state index in [0.717, 1.165) is 5.56 Å². The second-order valence-corrected chi connectivity index (χ2v) is 3.03. The minimum atomic E-state index is -0.0518.